The first-order chi connectivity index (χ1) is 15.5. The first-order valence-corrected chi connectivity index (χ1v) is 10.0. The summed E-state index contributed by atoms with van der Waals surface area (Å²) in [5.41, 5.74) is 1.42. The number of carbonyl (C=O) groups is 3. The smallest absolute Gasteiger partial charge is 0.329 e. The molecule has 0 heterocycles. The highest BCUT2D eigenvalue weighted by Crippen LogP contribution is 2.23. The highest BCUT2D eigenvalue weighted by atomic mass is 16.5. The summed E-state index contributed by atoms with van der Waals surface area (Å²) in [6, 6.07) is 23.1. The molecular weight excluding hydrogens is 408 g/mol. The van der Waals surface area contributed by atoms with E-state index in [1.165, 1.54) is 14.0 Å². The molecule has 3 aromatic carbocycles. The van der Waals surface area contributed by atoms with E-state index in [0.717, 1.165) is 0 Å². The van der Waals surface area contributed by atoms with E-state index in [1.807, 2.05) is 0 Å². The SMILES string of the molecule is COc1cccc(NC(=O)C(OC(=O)[C@H](C)NC(=O)c2ccccc2)c2ccccc2)c1. The van der Waals surface area contributed by atoms with Gasteiger partial charge in [0.1, 0.15) is 11.8 Å². The molecule has 2 N–H and O–H groups in total. The number of anilines is 1. The maximum Gasteiger partial charge on any atom is 0.329 e. The lowest BCUT2D eigenvalue weighted by atomic mass is 10.1. The van der Waals surface area contributed by atoms with Crippen molar-refractivity contribution in [2.24, 2.45) is 0 Å². The molecule has 0 bridgehead atoms. The summed E-state index contributed by atoms with van der Waals surface area (Å²) < 4.78 is 10.7. The van der Waals surface area contributed by atoms with Crippen LogP contribution >= 0.6 is 0 Å². The Balaban J connectivity index is 1.73. The molecule has 7 nitrogen and oxygen atoms in total. The van der Waals surface area contributed by atoms with Crippen LogP contribution in [0.3, 0.4) is 0 Å². The number of esters is 1. The monoisotopic (exact) mass is 432 g/mol. The maximum absolute atomic E-state index is 13.0. The third kappa shape index (κ3) is 5.95. The Hall–Kier alpha value is -4.13. The van der Waals surface area contributed by atoms with Crippen LogP contribution in [-0.2, 0) is 14.3 Å². The molecule has 0 fully saturated rings. The Labute approximate surface area is 186 Å². The Kier molecular flexibility index (Phi) is 7.59. The molecule has 3 rings (SSSR count). The van der Waals surface area contributed by atoms with Gasteiger partial charge >= 0.3 is 5.97 Å². The molecule has 0 aliphatic carbocycles. The highest BCUT2D eigenvalue weighted by Gasteiger charge is 2.28. The number of ether oxygens (including phenoxy) is 2. The second-order valence-electron chi connectivity index (χ2n) is 7.01. The zero-order valence-corrected chi connectivity index (χ0v) is 17.8. The second-order valence-corrected chi connectivity index (χ2v) is 7.01. The molecule has 0 aliphatic rings. The summed E-state index contributed by atoms with van der Waals surface area (Å²) in [5, 5.41) is 5.34. The van der Waals surface area contributed by atoms with Gasteiger partial charge in [-0.1, -0.05) is 54.6 Å². The van der Waals surface area contributed by atoms with Crippen LogP contribution in [0.15, 0.2) is 84.9 Å². The quantitative estimate of drug-likeness (QED) is 0.529. The lowest BCUT2D eigenvalue weighted by molar-refractivity contribution is -0.156. The summed E-state index contributed by atoms with van der Waals surface area (Å²) in [7, 11) is 1.53. The third-order valence-corrected chi connectivity index (χ3v) is 4.65. The minimum atomic E-state index is -1.20. The molecule has 32 heavy (non-hydrogen) atoms. The number of methoxy groups -OCH3 is 1. The molecule has 1 unspecified atom stereocenters. The van der Waals surface area contributed by atoms with Crippen LogP contribution in [0.2, 0.25) is 0 Å². The predicted octanol–water partition coefficient (Wildman–Crippen LogP) is 3.74. The molecule has 7 heteroatoms. The molecule has 0 aliphatic heterocycles. The molecule has 0 radical (unpaired) electrons. The van der Waals surface area contributed by atoms with Crippen molar-refractivity contribution in [1.82, 2.24) is 5.32 Å². The third-order valence-electron chi connectivity index (χ3n) is 4.65. The van der Waals surface area contributed by atoms with Crippen LogP contribution in [0.1, 0.15) is 28.9 Å². The molecule has 2 atom stereocenters. The number of hydrogen-bond donors (Lipinski definition) is 2. The minimum Gasteiger partial charge on any atom is -0.497 e. The van der Waals surface area contributed by atoms with Crippen LogP contribution in [0, 0.1) is 0 Å². The number of carbonyl (C=O) groups excluding carboxylic acids is 3. The molecule has 0 spiro atoms. The summed E-state index contributed by atoms with van der Waals surface area (Å²) >= 11 is 0. The van der Waals surface area contributed by atoms with Crippen molar-refractivity contribution < 1.29 is 23.9 Å². The minimum absolute atomic E-state index is 0.410. The van der Waals surface area contributed by atoms with Crippen molar-refractivity contribution in [3.05, 3.63) is 96.1 Å². The van der Waals surface area contributed by atoms with Gasteiger partial charge in [-0.25, -0.2) is 4.79 Å². The highest BCUT2D eigenvalue weighted by molar-refractivity contribution is 5.98. The van der Waals surface area contributed by atoms with E-state index in [2.05, 4.69) is 10.6 Å². The van der Waals surface area contributed by atoms with Crippen LogP contribution in [0.5, 0.6) is 5.75 Å². The van der Waals surface area contributed by atoms with Crippen molar-refractivity contribution in [2.75, 3.05) is 12.4 Å². The van der Waals surface area contributed by atoms with E-state index in [0.29, 0.717) is 22.6 Å². The zero-order valence-electron chi connectivity index (χ0n) is 17.8. The topological polar surface area (TPSA) is 93.7 Å². The predicted molar refractivity (Wildman–Crippen MR) is 120 cm³/mol. The van der Waals surface area contributed by atoms with Gasteiger partial charge in [0.25, 0.3) is 11.8 Å². The van der Waals surface area contributed by atoms with Crippen molar-refractivity contribution >= 4 is 23.5 Å². The van der Waals surface area contributed by atoms with Crippen molar-refractivity contribution in [3.63, 3.8) is 0 Å². The van der Waals surface area contributed by atoms with Gasteiger partial charge in [0.05, 0.1) is 7.11 Å². The van der Waals surface area contributed by atoms with Gasteiger partial charge in [0.15, 0.2) is 0 Å². The summed E-state index contributed by atoms with van der Waals surface area (Å²) in [4.78, 5) is 38.1. The van der Waals surface area contributed by atoms with Crippen molar-refractivity contribution in [1.29, 1.82) is 0 Å². The first-order valence-electron chi connectivity index (χ1n) is 10.0. The fraction of sp³-hybridized carbons (Fsp3) is 0.160. The number of benzene rings is 3. The number of nitrogens with one attached hydrogen (secondary N) is 2. The van der Waals surface area contributed by atoms with E-state index in [4.69, 9.17) is 9.47 Å². The van der Waals surface area contributed by atoms with Crippen LogP contribution in [0.4, 0.5) is 5.69 Å². The molecule has 3 aromatic rings. The fourth-order valence-electron chi connectivity index (χ4n) is 2.96. The molecule has 0 saturated carbocycles. The van der Waals surface area contributed by atoms with Gasteiger partial charge in [0.2, 0.25) is 6.10 Å². The standard InChI is InChI=1S/C25H24N2O5/c1-17(26-23(28)19-12-7-4-8-13-19)25(30)32-22(18-10-5-3-6-11-18)24(29)27-20-14-9-15-21(16-20)31-2/h3-17,22H,1-2H3,(H,26,28)(H,27,29)/t17-,22?/m0/s1. The Bertz CT molecular complexity index is 1070. The second kappa shape index (κ2) is 10.8. The van der Waals surface area contributed by atoms with Crippen LogP contribution < -0.4 is 15.4 Å². The first kappa shape index (κ1) is 22.6. The summed E-state index contributed by atoms with van der Waals surface area (Å²) in [6.07, 6.45) is -1.20. The normalized spacial score (nSPS) is 12.2. The van der Waals surface area contributed by atoms with Gasteiger partial charge in [-0.2, -0.15) is 0 Å². The van der Waals surface area contributed by atoms with Gasteiger partial charge < -0.3 is 20.1 Å². The number of amides is 2. The zero-order chi connectivity index (χ0) is 22.9. The van der Waals surface area contributed by atoms with E-state index >= 15 is 0 Å². The summed E-state index contributed by atoms with van der Waals surface area (Å²) in [6.45, 7) is 1.51. The van der Waals surface area contributed by atoms with Crippen LogP contribution in [0.25, 0.3) is 0 Å². The molecule has 0 aromatic heterocycles. The summed E-state index contributed by atoms with van der Waals surface area (Å²) in [5.74, 6) is -1.09. The van der Waals surface area contributed by atoms with E-state index < -0.39 is 29.9 Å². The maximum atomic E-state index is 13.0. The lowest BCUT2D eigenvalue weighted by Crippen LogP contribution is -2.41. The molecule has 164 valence electrons. The lowest BCUT2D eigenvalue weighted by Gasteiger charge is -2.21. The van der Waals surface area contributed by atoms with Gasteiger partial charge in [0, 0.05) is 22.9 Å². The van der Waals surface area contributed by atoms with E-state index in [9.17, 15) is 14.4 Å². The van der Waals surface area contributed by atoms with Crippen molar-refractivity contribution in [2.45, 2.75) is 19.1 Å². The number of rotatable bonds is 8. The van der Waals surface area contributed by atoms with Crippen molar-refractivity contribution in [3.8, 4) is 5.75 Å². The molecule has 0 saturated heterocycles. The number of hydrogen-bond acceptors (Lipinski definition) is 5. The molecular formula is C25H24N2O5. The average molecular weight is 432 g/mol. The Morgan fingerprint density at radius 2 is 1.50 bits per heavy atom. The average Bonchev–Trinajstić information content (AvgIpc) is 2.83. The van der Waals surface area contributed by atoms with Gasteiger partial charge in [-0.3, -0.25) is 9.59 Å². The van der Waals surface area contributed by atoms with E-state index in [1.54, 1.807) is 84.9 Å². The van der Waals surface area contributed by atoms with E-state index in [-0.39, 0.29) is 0 Å². The van der Waals surface area contributed by atoms with Crippen LogP contribution in [-0.4, -0.2) is 30.9 Å². The Morgan fingerprint density at radius 1 is 0.844 bits per heavy atom. The molecule has 2 amide bonds. The largest absolute Gasteiger partial charge is 0.497 e. The van der Waals surface area contributed by atoms with Gasteiger partial charge in [-0.05, 0) is 31.2 Å². The fourth-order valence-corrected chi connectivity index (χ4v) is 2.96. The van der Waals surface area contributed by atoms with Gasteiger partial charge in [-0.15, -0.1) is 0 Å². The Morgan fingerprint density at radius 3 is 2.16 bits per heavy atom.